The molecule has 1 aromatic heterocycles. The SMILES string of the molecule is CCCC1CCc2c(n(C(F)F)c3cc(Br)ccc23)C1. The number of hydrogen-bond acceptors (Lipinski definition) is 0. The van der Waals surface area contributed by atoms with Crippen LogP contribution in [0.2, 0.25) is 0 Å². The molecule has 20 heavy (non-hydrogen) atoms. The van der Waals surface area contributed by atoms with Gasteiger partial charge in [-0.1, -0.05) is 41.8 Å². The van der Waals surface area contributed by atoms with Crippen LogP contribution in [0.3, 0.4) is 0 Å². The number of hydrogen-bond donors (Lipinski definition) is 0. The maximum absolute atomic E-state index is 13.5. The molecule has 108 valence electrons. The highest BCUT2D eigenvalue weighted by molar-refractivity contribution is 9.10. The van der Waals surface area contributed by atoms with E-state index < -0.39 is 6.55 Å². The van der Waals surface area contributed by atoms with Crippen LogP contribution in [0.4, 0.5) is 8.78 Å². The number of nitrogens with zero attached hydrogens (tertiary/aromatic N) is 1. The zero-order valence-corrected chi connectivity index (χ0v) is 13.1. The zero-order chi connectivity index (χ0) is 14.3. The molecule has 0 fully saturated rings. The lowest BCUT2D eigenvalue weighted by Crippen LogP contribution is -2.17. The zero-order valence-electron chi connectivity index (χ0n) is 11.5. The molecule has 0 bridgehead atoms. The minimum Gasteiger partial charge on any atom is -0.288 e. The van der Waals surface area contributed by atoms with E-state index >= 15 is 0 Å². The lowest BCUT2D eigenvalue weighted by atomic mass is 9.84. The average Bonchev–Trinajstić information content (AvgIpc) is 2.71. The van der Waals surface area contributed by atoms with Gasteiger partial charge in [-0.05, 0) is 42.9 Å². The van der Waals surface area contributed by atoms with E-state index in [4.69, 9.17) is 0 Å². The van der Waals surface area contributed by atoms with E-state index in [1.165, 1.54) is 4.57 Å². The van der Waals surface area contributed by atoms with E-state index in [2.05, 4.69) is 22.9 Å². The molecule has 1 aliphatic rings. The van der Waals surface area contributed by atoms with Gasteiger partial charge in [-0.2, -0.15) is 8.78 Å². The maximum Gasteiger partial charge on any atom is 0.319 e. The van der Waals surface area contributed by atoms with Crippen LogP contribution in [0.15, 0.2) is 22.7 Å². The van der Waals surface area contributed by atoms with Crippen molar-refractivity contribution in [2.45, 2.75) is 45.6 Å². The van der Waals surface area contributed by atoms with Gasteiger partial charge < -0.3 is 0 Å². The van der Waals surface area contributed by atoms with Gasteiger partial charge in [0.1, 0.15) is 0 Å². The fraction of sp³-hybridized carbons (Fsp3) is 0.500. The van der Waals surface area contributed by atoms with Gasteiger partial charge in [-0.15, -0.1) is 0 Å². The second kappa shape index (κ2) is 5.47. The molecule has 2 aromatic rings. The Kier molecular flexibility index (Phi) is 3.85. The minimum absolute atomic E-state index is 0.553. The molecule has 1 aliphatic carbocycles. The summed E-state index contributed by atoms with van der Waals surface area (Å²) in [6.07, 6.45) is 5.10. The van der Waals surface area contributed by atoms with Crippen molar-refractivity contribution in [3.8, 4) is 0 Å². The van der Waals surface area contributed by atoms with E-state index in [0.717, 1.165) is 53.2 Å². The summed E-state index contributed by atoms with van der Waals surface area (Å²) in [6, 6.07) is 5.72. The lowest BCUT2D eigenvalue weighted by molar-refractivity contribution is 0.0709. The number of rotatable bonds is 3. The number of alkyl halides is 2. The van der Waals surface area contributed by atoms with Crippen LogP contribution in [0.25, 0.3) is 10.9 Å². The lowest BCUT2D eigenvalue weighted by Gasteiger charge is -2.23. The van der Waals surface area contributed by atoms with Crippen LogP contribution in [-0.4, -0.2) is 4.57 Å². The first-order valence-corrected chi connectivity index (χ1v) is 8.00. The molecule has 1 heterocycles. The molecule has 0 saturated carbocycles. The van der Waals surface area contributed by atoms with Gasteiger partial charge in [0.15, 0.2) is 0 Å². The summed E-state index contributed by atoms with van der Waals surface area (Å²) >= 11 is 3.39. The van der Waals surface area contributed by atoms with E-state index in [1.54, 1.807) is 0 Å². The number of benzene rings is 1. The highest BCUT2D eigenvalue weighted by atomic mass is 79.9. The Balaban J connectivity index is 2.16. The minimum atomic E-state index is -2.46. The first-order valence-electron chi connectivity index (χ1n) is 7.21. The largest absolute Gasteiger partial charge is 0.319 e. The maximum atomic E-state index is 13.5. The van der Waals surface area contributed by atoms with Crippen LogP contribution < -0.4 is 0 Å². The molecule has 0 saturated heterocycles. The molecule has 3 rings (SSSR count). The molecule has 0 spiro atoms. The fourth-order valence-electron chi connectivity index (χ4n) is 3.51. The van der Waals surface area contributed by atoms with Crippen LogP contribution >= 0.6 is 15.9 Å². The molecule has 4 heteroatoms. The van der Waals surface area contributed by atoms with Crippen LogP contribution in [0.5, 0.6) is 0 Å². The molecular weight excluding hydrogens is 324 g/mol. The number of aromatic nitrogens is 1. The first-order chi connectivity index (χ1) is 9.61. The van der Waals surface area contributed by atoms with Crippen molar-refractivity contribution in [2.75, 3.05) is 0 Å². The molecule has 0 radical (unpaired) electrons. The molecule has 0 N–H and O–H groups in total. The topological polar surface area (TPSA) is 4.93 Å². The monoisotopic (exact) mass is 341 g/mol. The Labute approximate surface area is 126 Å². The third-order valence-electron chi connectivity index (χ3n) is 4.36. The van der Waals surface area contributed by atoms with Gasteiger partial charge in [0.2, 0.25) is 0 Å². The summed E-state index contributed by atoms with van der Waals surface area (Å²) in [5.74, 6) is 0.553. The number of halogens is 3. The van der Waals surface area contributed by atoms with E-state index in [0.29, 0.717) is 11.4 Å². The van der Waals surface area contributed by atoms with Crippen molar-refractivity contribution in [3.05, 3.63) is 33.9 Å². The van der Waals surface area contributed by atoms with Gasteiger partial charge in [0.25, 0.3) is 0 Å². The Morgan fingerprint density at radius 3 is 2.90 bits per heavy atom. The van der Waals surface area contributed by atoms with E-state index in [9.17, 15) is 8.78 Å². The number of aryl methyl sites for hydroxylation is 1. The van der Waals surface area contributed by atoms with Crippen molar-refractivity contribution < 1.29 is 8.78 Å². The molecular formula is C16H18BrF2N. The summed E-state index contributed by atoms with van der Waals surface area (Å²) in [6.45, 7) is -0.300. The molecule has 1 atom stereocenters. The van der Waals surface area contributed by atoms with Gasteiger partial charge in [-0.3, -0.25) is 4.57 Å². The molecule has 1 nitrogen and oxygen atoms in total. The standard InChI is InChI=1S/C16H18BrF2N/c1-2-3-10-4-6-12-13-7-5-11(17)9-15(13)20(16(18)19)14(12)8-10/h5,7,9-10,16H,2-4,6,8H2,1H3. The van der Waals surface area contributed by atoms with Gasteiger partial charge in [-0.25, -0.2) is 0 Å². The summed E-state index contributed by atoms with van der Waals surface area (Å²) in [7, 11) is 0. The van der Waals surface area contributed by atoms with Gasteiger partial charge in [0, 0.05) is 15.6 Å². The summed E-state index contributed by atoms with van der Waals surface area (Å²) in [4.78, 5) is 0. The average molecular weight is 342 g/mol. The smallest absolute Gasteiger partial charge is 0.288 e. The quantitative estimate of drug-likeness (QED) is 0.674. The van der Waals surface area contributed by atoms with Crippen LogP contribution in [0.1, 0.15) is 44.0 Å². The van der Waals surface area contributed by atoms with Gasteiger partial charge >= 0.3 is 6.55 Å². The van der Waals surface area contributed by atoms with E-state index in [1.807, 2.05) is 18.2 Å². The highest BCUT2D eigenvalue weighted by Crippen LogP contribution is 2.38. The molecule has 1 unspecified atom stereocenters. The third kappa shape index (κ3) is 2.28. The van der Waals surface area contributed by atoms with Crippen molar-refractivity contribution in [3.63, 3.8) is 0 Å². The van der Waals surface area contributed by atoms with Crippen LogP contribution in [-0.2, 0) is 12.8 Å². The van der Waals surface area contributed by atoms with Crippen molar-refractivity contribution in [2.24, 2.45) is 5.92 Å². The summed E-state index contributed by atoms with van der Waals surface area (Å²) in [5.41, 5.74) is 2.66. The number of fused-ring (bicyclic) bond motifs is 3. The fourth-order valence-corrected chi connectivity index (χ4v) is 3.86. The molecule has 0 aliphatic heterocycles. The predicted molar refractivity (Wildman–Crippen MR) is 81.3 cm³/mol. The van der Waals surface area contributed by atoms with Crippen molar-refractivity contribution in [1.82, 2.24) is 4.57 Å². The van der Waals surface area contributed by atoms with Crippen LogP contribution in [0, 0.1) is 5.92 Å². The molecule has 1 aromatic carbocycles. The second-order valence-corrected chi connectivity index (χ2v) is 6.55. The van der Waals surface area contributed by atoms with E-state index in [-0.39, 0.29) is 0 Å². The Bertz CT molecular complexity index is 633. The Morgan fingerprint density at radius 1 is 1.40 bits per heavy atom. The summed E-state index contributed by atoms with van der Waals surface area (Å²) < 4.78 is 29.1. The predicted octanol–water partition coefficient (Wildman–Crippen LogP) is 5.70. The van der Waals surface area contributed by atoms with Crippen molar-refractivity contribution >= 4 is 26.8 Å². The Hall–Kier alpha value is -0.900. The normalized spacial score (nSPS) is 18.8. The highest BCUT2D eigenvalue weighted by Gasteiger charge is 2.27. The second-order valence-electron chi connectivity index (χ2n) is 5.63. The summed E-state index contributed by atoms with van der Waals surface area (Å²) in [5, 5.41) is 0.999. The van der Waals surface area contributed by atoms with Gasteiger partial charge in [0.05, 0.1) is 5.52 Å². The third-order valence-corrected chi connectivity index (χ3v) is 4.85. The Morgan fingerprint density at radius 2 is 2.20 bits per heavy atom. The first kappa shape index (κ1) is 14.1. The van der Waals surface area contributed by atoms with Crippen molar-refractivity contribution in [1.29, 1.82) is 0 Å². The molecule has 0 amide bonds.